The lowest BCUT2D eigenvalue weighted by Crippen LogP contribution is -2.44. The van der Waals surface area contributed by atoms with Crippen molar-refractivity contribution < 1.29 is 19.1 Å². The highest BCUT2D eigenvalue weighted by Gasteiger charge is 2.27. The number of carbonyl (C=O) groups is 2. The molecule has 1 aromatic heterocycles. The number of methoxy groups -OCH3 is 1. The largest absolute Gasteiger partial charge is 0.465 e. The van der Waals surface area contributed by atoms with Gasteiger partial charge in [-0.2, -0.15) is 0 Å². The fourth-order valence-electron chi connectivity index (χ4n) is 2.43. The van der Waals surface area contributed by atoms with Gasteiger partial charge in [0.15, 0.2) is 0 Å². The minimum absolute atomic E-state index is 0.228. The van der Waals surface area contributed by atoms with Crippen LogP contribution in [-0.4, -0.2) is 48.8 Å². The van der Waals surface area contributed by atoms with Crippen LogP contribution in [0.25, 0.3) is 0 Å². The van der Waals surface area contributed by atoms with Crippen molar-refractivity contribution in [3.05, 3.63) is 16.3 Å². The summed E-state index contributed by atoms with van der Waals surface area (Å²) in [6.07, 6.45) is 1.37. The van der Waals surface area contributed by atoms with Gasteiger partial charge in [0.25, 0.3) is 0 Å². The van der Waals surface area contributed by atoms with E-state index in [-0.39, 0.29) is 18.1 Å². The van der Waals surface area contributed by atoms with Crippen LogP contribution in [-0.2, 0) is 9.47 Å². The van der Waals surface area contributed by atoms with Gasteiger partial charge >= 0.3 is 12.1 Å². The number of carbonyl (C=O) groups excluding carboxylic acids is 2. The Hall–Kier alpha value is -1.76. The van der Waals surface area contributed by atoms with Gasteiger partial charge < -0.3 is 19.7 Å². The molecule has 23 heavy (non-hydrogen) atoms. The molecular weight excluding hydrogens is 316 g/mol. The van der Waals surface area contributed by atoms with E-state index in [0.29, 0.717) is 18.0 Å². The summed E-state index contributed by atoms with van der Waals surface area (Å²) in [5, 5.41) is 5.25. The Morgan fingerprint density at radius 1 is 1.30 bits per heavy atom. The van der Waals surface area contributed by atoms with Crippen LogP contribution in [0.2, 0.25) is 0 Å². The first-order valence-corrected chi connectivity index (χ1v) is 8.58. The predicted octanol–water partition coefficient (Wildman–Crippen LogP) is 3.35. The molecule has 7 heteroatoms. The molecule has 0 aliphatic carbocycles. The molecule has 0 saturated carbocycles. The Morgan fingerprint density at radius 2 is 1.96 bits per heavy atom. The molecule has 0 unspecified atom stereocenters. The third kappa shape index (κ3) is 4.86. The zero-order valence-corrected chi connectivity index (χ0v) is 14.9. The molecule has 0 spiro atoms. The normalized spacial score (nSPS) is 16.1. The molecule has 1 fully saturated rings. The molecule has 1 aliphatic rings. The number of nitrogens with one attached hydrogen (secondary N) is 1. The van der Waals surface area contributed by atoms with Crippen LogP contribution in [0.5, 0.6) is 0 Å². The molecule has 128 valence electrons. The number of nitrogens with zero attached hydrogens (tertiary/aromatic N) is 1. The second kappa shape index (κ2) is 7.21. The van der Waals surface area contributed by atoms with Gasteiger partial charge in [0.2, 0.25) is 0 Å². The number of hydrogen-bond acceptors (Lipinski definition) is 6. The number of esters is 1. The summed E-state index contributed by atoms with van der Waals surface area (Å²) in [7, 11) is 1.38. The van der Waals surface area contributed by atoms with E-state index in [1.165, 1.54) is 18.4 Å². The van der Waals surface area contributed by atoms with Crippen molar-refractivity contribution in [2.24, 2.45) is 0 Å². The summed E-state index contributed by atoms with van der Waals surface area (Å²) in [6.45, 7) is 6.88. The molecule has 2 heterocycles. The molecule has 0 radical (unpaired) electrons. The maximum atomic E-state index is 12.0. The molecule has 1 N–H and O–H groups in total. The standard InChI is InChI=1S/C16H24N2O4S/c1-16(2,3)22-15(20)18-8-5-11(6-9-18)17-12-7-10-23-13(12)14(19)21-4/h7,10-11,17H,5-6,8-9H2,1-4H3. The average Bonchev–Trinajstić information content (AvgIpc) is 2.93. The van der Waals surface area contributed by atoms with Crippen molar-refractivity contribution in [1.29, 1.82) is 0 Å². The summed E-state index contributed by atoms with van der Waals surface area (Å²) >= 11 is 1.36. The van der Waals surface area contributed by atoms with Crippen molar-refractivity contribution in [3.8, 4) is 0 Å². The van der Waals surface area contributed by atoms with Crippen molar-refractivity contribution >= 4 is 29.1 Å². The number of anilines is 1. The number of piperidine rings is 1. The monoisotopic (exact) mass is 340 g/mol. The third-order valence-electron chi connectivity index (χ3n) is 3.54. The van der Waals surface area contributed by atoms with E-state index < -0.39 is 5.60 Å². The van der Waals surface area contributed by atoms with Crippen molar-refractivity contribution in [1.82, 2.24) is 4.90 Å². The average molecular weight is 340 g/mol. The van der Waals surface area contributed by atoms with Crippen LogP contribution >= 0.6 is 11.3 Å². The topological polar surface area (TPSA) is 67.9 Å². The Labute approximate surface area is 140 Å². The van der Waals surface area contributed by atoms with Crippen LogP contribution in [0.1, 0.15) is 43.3 Å². The quantitative estimate of drug-likeness (QED) is 0.855. The third-order valence-corrected chi connectivity index (χ3v) is 4.44. The molecule has 0 bridgehead atoms. The van der Waals surface area contributed by atoms with Crippen molar-refractivity contribution in [2.45, 2.75) is 45.3 Å². The number of likely N-dealkylation sites (tertiary alicyclic amines) is 1. The van der Waals surface area contributed by atoms with Crippen LogP contribution in [0.15, 0.2) is 11.4 Å². The Morgan fingerprint density at radius 3 is 2.52 bits per heavy atom. The van der Waals surface area contributed by atoms with Gasteiger partial charge in [-0.05, 0) is 45.1 Å². The van der Waals surface area contributed by atoms with E-state index in [1.807, 2.05) is 32.2 Å². The van der Waals surface area contributed by atoms with Crippen molar-refractivity contribution in [3.63, 3.8) is 0 Å². The summed E-state index contributed by atoms with van der Waals surface area (Å²) in [5.41, 5.74) is 0.329. The number of thiophene rings is 1. The maximum Gasteiger partial charge on any atom is 0.410 e. The zero-order valence-electron chi connectivity index (χ0n) is 14.0. The first-order valence-electron chi connectivity index (χ1n) is 7.70. The summed E-state index contributed by atoms with van der Waals surface area (Å²) in [4.78, 5) is 26.1. The van der Waals surface area contributed by atoms with Crippen LogP contribution in [0.4, 0.5) is 10.5 Å². The van der Waals surface area contributed by atoms with Gasteiger partial charge in [-0.1, -0.05) is 0 Å². The van der Waals surface area contributed by atoms with Gasteiger partial charge in [0, 0.05) is 19.1 Å². The number of hydrogen-bond donors (Lipinski definition) is 1. The second-order valence-corrected chi connectivity index (χ2v) is 7.46. The fourth-order valence-corrected chi connectivity index (χ4v) is 3.20. The highest BCUT2D eigenvalue weighted by molar-refractivity contribution is 7.12. The fraction of sp³-hybridized carbons (Fsp3) is 0.625. The maximum absolute atomic E-state index is 12.0. The number of amides is 1. The molecule has 0 aromatic carbocycles. The molecule has 6 nitrogen and oxygen atoms in total. The van der Waals surface area contributed by atoms with E-state index in [2.05, 4.69) is 5.32 Å². The molecular formula is C16H24N2O4S. The lowest BCUT2D eigenvalue weighted by atomic mass is 10.1. The lowest BCUT2D eigenvalue weighted by Gasteiger charge is -2.34. The van der Waals surface area contributed by atoms with Gasteiger partial charge in [0.1, 0.15) is 10.5 Å². The Bertz CT molecular complexity index is 557. The summed E-state index contributed by atoms with van der Waals surface area (Å²) in [6, 6.07) is 2.11. The van der Waals surface area contributed by atoms with E-state index in [0.717, 1.165) is 18.5 Å². The Balaban J connectivity index is 1.87. The first-order chi connectivity index (χ1) is 10.8. The van der Waals surface area contributed by atoms with Crippen LogP contribution in [0.3, 0.4) is 0 Å². The number of ether oxygens (including phenoxy) is 2. The van der Waals surface area contributed by atoms with Crippen LogP contribution < -0.4 is 5.32 Å². The van der Waals surface area contributed by atoms with Gasteiger partial charge in [-0.25, -0.2) is 9.59 Å². The highest BCUT2D eigenvalue weighted by Crippen LogP contribution is 2.26. The lowest BCUT2D eigenvalue weighted by molar-refractivity contribution is 0.0210. The van der Waals surface area contributed by atoms with E-state index in [1.54, 1.807) is 4.90 Å². The van der Waals surface area contributed by atoms with E-state index in [4.69, 9.17) is 9.47 Å². The van der Waals surface area contributed by atoms with Crippen LogP contribution in [0, 0.1) is 0 Å². The molecule has 1 aromatic rings. The van der Waals surface area contributed by atoms with Crippen molar-refractivity contribution in [2.75, 3.05) is 25.5 Å². The predicted molar refractivity (Wildman–Crippen MR) is 90.1 cm³/mol. The van der Waals surface area contributed by atoms with E-state index >= 15 is 0 Å². The van der Waals surface area contributed by atoms with E-state index in [9.17, 15) is 9.59 Å². The van der Waals surface area contributed by atoms with Gasteiger partial charge in [-0.3, -0.25) is 0 Å². The first kappa shape index (κ1) is 17.6. The molecule has 1 saturated heterocycles. The summed E-state index contributed by atoms with van der Waals surface area (Å²) < 4.78 is 10.2. The van der Waals surface area contributed by atoms with Gasteiger partial charge in [0.05, 0.1) is 12.8 Å². The molecule has 0 atom stereocenters. The summed E-state index contributed by atoms with van der Waals surface area (Å²) in [5.74, 6) is -0.325. The second-order valence-electron chi connectivity index (χ2n) is 6.54. The smallest absolute Gasteiger partial charge is 0.410 e. The SMILES string of the molecule is COC(=O)c1sccc1NC1CCN(C(=O)OC(C)(C)C)CC1. The molecule has 1 aliphatic heterocycles. The number of rotatable bonds is 3. The Kier molecular flexibility index (Phi) is 5.51. The molecule has 2 rings (SSSR count). The highest BCUT2D eigenvalue weighted by atomic mass is 32.1. The minimum atomic E-state index is -0.474. The zero-order chi connectivity index (χ0) is 17.0. The molecule has 1 amide bonds. The van der Waals surface area contributed by atoms with Gasteiger partial charge in [-0.15, -0.1) is 11.3 Å². The minimum Gasteiger partial charge on any atom is -0.465 e.